The summed E-state index contributed by atoms with van der Waals surface area (Å²) in [6.07, 6.45) is -0.260. The van der Waals surface area contributed by atoms with Gasteiger partial charge in [0.1, 0.15) is 6.42 Å². The summed E-state index contributed by atoms with van der Waals surface area (Å²) in [5.41, 5.74) is 0.446. The smallest absolute Gasteiger partial charge is 0.233 e. The molecule has 1 saturated heterocycles. The number of carbonyl (C=O) groups excluding carboxylic acids is 3. The van der Waals surface area contributed by atoms with E-state index < -0.39 is 5.91 Å². The van der Waals surface area contributed by atoms with Crippen LogP contribution in [0.3, 0.4) is 0 Å². The van der Waals surface area contributed by atoms with Crippen molar-refractivity contribution in [3.05, 3.63) is 28.2 Å². The summed E-state index contributed by atoms with van der Waals surface area (Å²) in [4.78, 5) is 38.6. The third-order valence-corrected chi connectivity index (χ3v) is 3.97. The summed E-state index contributed by atoms with van der Waals surface area (Å²) in [7, 11) is 0. The average Bonchev–Trinajstić information content (AvgIpc) is 2.45. The van der Waals surface area contributed by atoms with Crippen molar-refractivity contribution < 1.29 is 14.4 Å². The molecular formula is C15H17Cl2N3O3. The van der Waals surface area contributed by atoms with E-state index in [0.717, 1.165) is 0 Å². The second kappa shape index (κ2) is 7.66. The minimum absolute atomic E-state index is 0.00678. The highest BCUT2D eigenvalue weighted by Crippen LogP contribution is 2.22. The lowest BCUT2D eigenvalue weighted by Gasteiger charge is -2.34. The van der Waals surface area contributed by atoms with E-state index >= 15 is 0 Å². The molecule has 0 saturated carbocycles. The fourth-order valence-corrected chi connectivity index (χ4v) is 2.88. The van der Waals surface area contributed by atoms with E-state index in [9.17, 15) is 14.4 Å². The third-order valence-electron chi connectivity index (χ3n) is 3.54. The van der Waals surface area contributed by atoms with Crippen LogP contribution in [0.25, 0.3) is 0 Å². The molecule has 1 aromatic carbocycles. The zero-order valence-electron chi connectivity index (χ0n) is 12.6. The molecule has 3 amide bonds. The summed E-state index contributed by atoms with van der Waals surface area (Å²) in [5, 5.41) is 3.41. The first-order chi connectivity index (χ1) is 10.8. The van der Waals surface area contributed by atoms with Crippen LogP contribution in [0.2, 0.25) is 10.0 Å². The van der Waals surface area contributed by atoms with Crippen LogP contribution in [0, 0.1) is 0 Å². The van der Waals surface area contributed by atoms with Gasteiger partial charge in [0.15, 0.2) is 0 Å². The predicted molar refractivity (Wildman–Crippen MR) is 88.5 cm³/mol. The second-order valence-electron chi connectivity index (χ2n) is 5.27. The van der Waals surface area contributed by atoms with Gasteiger partial charge in [0.2, 0.25) is 17.7 Å². The summed E-state index contributed by atoms with van der Waals surface area (Å²) >= 11 is 11.7. The first-order valence-corrected chi connectivity index (χ1v) is 7.90. The number of hydrogen-bond acceptors (Lipinski definition) is 3. The second-order valence-corrected chi connectivity index (χ2v) is 6.14. The van der Waals surface area contributed by atoms with Gasteiger partial charge in [0, 0.05) is 48.8 Å². The fourth-order valence-electron chi connectivity index (χ4n) is 2.35. The average molecular weight is 358 g/mol. The molecule has 23 heavy (non-hydrogen) atoms. The Hall–Kier alpha value is -1.79. The van der Waals surface area contributed by atoms with Crippen LogP contribution in [-0.4, -0.2) is 53.7 Å². The van der Waals surface area contributed by atoms with E-state index in [1.807, 2.05) is 0 Å². The molecule has 124 valence electrons. The van der Waals surface area contributed by atoms with E-state index in [-0.39, 0.29) is 18.2 Å². The number of halogens is 2. The Morgan fingerprint density at radius 3 is 2.04 bits per heavy atom. The lowest BCUT2D eigenvalue weighted by Crippen LogP contribution is -2.50. The molecule has 0 aliphatic carbocycles. The molecule has 0 radical (unpaired) electrons. The van der Waals surface area contributed by atoms with Crippen LogP contribution in [0.15, 0.2) is 18.2 Å². The fraction of sp³-hybridized carbons (Fsp3) is 0.400. The summed E-state index contributed by atoms with van der Waals surface area (Å²) in [6.45, 7) is 3.36. The molecular weight excluding hydrogens is 341 g/mol. The van der Waals surface area contributed by atoms with Gasteiger partial charge in [-0.05, 0) is 18.2 Å². The minimum atomic E-state index is -0.428. The van der Waals surface area contributed by atoms with E-state index in [2.05, 4.69) is 5.32 Å². The highest BCUT2D eigenvalue weighted by atomic mass is 35.5. The van der Waals surface area contributed by atoms with Gasteiger partial charge in [-0.2, -0.15) is 0 Å². The molecule has 2 rings (SSSR count). The zero-order valence-corrected chi connectivity index (χ0v) is 14.2. The maximum absolute atomic E-state index is 12.1. The molecule has 8 heteroatoms. The van der Waals surface area contributed by atoms with Crippen molar-refractivity contribution in [3.63, 3.8) is 0 Å². The van der Waals surface area contributed by atoms with Gasteiger partial charge >= 0.3 is 0 Å². The minimum Gasteiger partial charge on any atom is -0.339 e. The van der Waals surface area contributed by atoms with Crippen molar-refractivity contribution in [2.24, 2.45) is 0 Å². The lowest BCUT2D eigenvalue weighted by molar-refractivity contribution is -0.140. The van der Waals surface area contributed by atoms with Gasteiger partial charge in [-0.15, -0.1) is 0 Å². The van der Waals surface area contributed by atoms with Crippen LogP contribution in [0.5, 0.6) is 0 Å². The molecule has 6 nitrogen and oxygen atoms in total. The Balaban J connectivity index is 1.85. The van der Waals surface area contributed by atoms with Gasteiger partial charge in [-0.25, -0.2) is 0 Å². The number of carbonyl (C=O) groups is 3. The molecule has 0 aromatic heterocycles. The standard InChI is InChI=1S/C15H17Cl2N3O3/c1-10(21)19-2-4-20(5-3-19)15(23)9-14(22)18-13-7-11(16)6-12(17)8-13/h6-8H,2-5,9H2,1H3,(H,18,22). The number of anilines is 1. The first kappa shape index (κ1) is 17.6. The number of nitrogens with one attached hydrogen (secondary N) is 1. The summed E-state index contributed by atoms with van der Waals surface area (Å²) < 4.78 is 0. The number of rotatable bonds is 3. The van der Waals surface area contributed by atoms with Crippen LogP contribution in [0.4, 0.5) is 5.69 Å². The van der Waals surface area contributed by atoms with Crippen LogP contribution in [0.1, 0.15) is 13.3 Å². The topological polar surface area (TPSA) is 69.7 Å². The van der Waals surface area contributed by atoms with Gasteiger partial charge in [-0.1, -0.05) is 23.2 Å². The summed E-state index contributed by atoms with van der Waals surface area (Å²) in [6, 6.07) is 4.67. The molecule has 0 bridgehead atoms. The maximum atomic E-state index is 12.1. The van der Waals surface area contributed by atoms with E-state index in [0.29, 0.717) is 41.9 Å². The molecule has 1 aromatic rings. The first-order valence-electron chi connectivity index (χ1n) is 7.14. The molecule has 0 unspecified atom stereocenters. The van der Waals surface area contributed by atoms with Crippen molar-refractivity contribution in [2.45, 2.75) is 13.3 Å². The van der Waals surface area contributed by atoms with Crippen molar-refractivity contribution in [1.82, 2.24) is 9.80 Å². The molecule has 0 atom stereocenters. The normalized spacial score (nSPS) is 14.6. The SMILES string of the molecule is CC(=O)N1CCN(C(=O)CC(=O)Nc2cc(Cl)cc(Cl)c2)CC1. The number of amides is 3. The highest BCUT2D eigenvalue weighted by Gasteiger charge is 2.23. The van der Waals surface area contributed by atoms with E-state index in [1.165, 1.54) is 6.92 Å². The Labute approximate surface area is 144 Å². The van der Waals surface area contributed by atoms with Gasteiger partial charge in [0.25, 0.3) is 0 Å². The van der Waals surface area contributed by atoms with Crippen LogP contribution >= 0.6 is 23.2 Å². The lowest BCUT2D eigenvalue weighted by atomic mass is 10.2. The van der Waals surface area contributed by atoms with Crippen molar-refractivity contribution in [1.29, 1.82) is 0 Å². The van der Waals surface area contributed by atoms with Crippen molar-refractivity contribution in [3.8, 4) is 0 Å². The monoisotopic (exact) mass is 357 g/mol. The van der Waals surface area contributed by atoms with Crippen LogP contribution < -0.4 is 5.32 Å². The largest absolute Gasteiger partial charge is 0.339 e. The van der Waals surface area contributed by atoms with E-state index in [1.54, 1.807) is 28.0 Å². The maximum Gasteiger partial charge on any atom is 0.233 e. The highest BCUT2D eigenvalue weighted by molar-refractivity contribution is 6.35. The van der Waals surface area contributed by atoms with E-state index in [4.69, 9.17) is 23.2 Å². The Morgan fingerprint density at radius 2 is 1.52 bits per heavy atom. The third kappa shape index (κ3) is 5.11. The Morgan fingerprint density at radius 1 is 1.00 bits per heavy atom. The molecule has 1 aliphatic heterocycles. The number of benzene rings is 1. The molecule has 1 heterocycles. The Kier molecular flexibility index (Phi) is 5.85. The van der Waals surface area contributed by atoms with Crippen molar-refractivity contribution in [2.75, 3.05) is 31.5 Å². The molecule has 1 N–H and O–H groups in total. The van der Waals surface area contributed by atoms with Crippen LogP contribution in [-0.2, 0) is 14.4 Å². The molecule has 0 spiro atoms. The zero-order chi connectivity index (χ0) is 17.0. The van der Waals surface area contributed by atoms with Gasteiger partial charge in [-0.3, -0.25) is 14.4 Å². The van der Waals surface area contributed by atoms with Gasteiger partial charge < -0.3 is 15.1 Å². The summed E-state index contributed by atoms with van der Waals surface area (Å²) in [5.74, 6) is -0.700. The van der Waals surface area contributed by atoms with Gasteiger partial charge in [0.05, 0.1) is 0 Å². The predicted octanol–water partition coefficient (Wildman–Crippen LogP) is 2.01. The molecule has 1 aliphatic rings. The quantitative estimate of drug-likeness (QED) is 0.841. The molecule has 1 fully saturated rings. The number of nitrogens with zero attached hydrogens (tertiary/aromatic N) is 2. The van der Waals surface area contributed by atoms with Crippen molar-refractivity contribution >= 4 is 46.6 Å². The number of piperazine rings is 1. The Bertz CT molecular complexity index is 608. The number of hydrogen-bond donors (Lipinski definition) is 1.